The Morgan fingerprint density at radius 3 is 1.71 bits per heavy atom. The van der Waals surface area contributed by atoms with E-state index in [9.17, 15) is 0 Å². The molecule has 0 bridgehead atoms. The molecule has 0 aromatic heterocycles. The Hall–Kier alpha value is 0.427. The summed E-state index contributed by atoms with van der Waals surface area (Å²) in [4.78, 5) is 0. The van der Waals surface area contributed by atoms with Crippen LogP contribution in [0.25, 0.3) is 0 Å². The van der Waals surface area contributed by atoms with Gasteiger partial charge in [-0.2, -0.15) is 0 Å². The highest BCUT2D eigenvalue weighted by atomic mass is 35.5. The summed E-state index contributed by atoms with van der Waals surface area (Å²) in [6.07, 6.45) is 0. The van der Waals surface area contributed by atoms with E-state index in [0.717, 1.165) is 10.2 Å². The van der Waals surface area contributed by atoms with Gasteiger partial charge in [-0.05, 0) is 14.1 Å². The molecule has 0 saturated heterocycles. The van der Waals surface area contributed by atoms with Crippen LogP contribution in [0.3, 0.4) is 0 Å². The van der Waals surface area contributed by atoms with Gasteiger partial charge in [0, 0.05) is 0 Å². The van der Waals surface area contributed by atoms with Gasteiger partial charge in [-0.3, -0.25) is 10.6 Å². The quantitative estimate of drug-likeness (QED) is 0.213. The second kappa shape index (κ2) is 2.67. The normalized spacial score (nSPS) is 12.4. The average molecular weight is 139 g/mol. The van der Waals surface area contributed by atoms with Crippen LogP contribution in [-0.2, 0) is 0 Å². The summed E-state index contributed by atoms with van der Waals surface area (Å²) in [5.74, 6) is 0. The third-order valence-electron chi connectivity index (χ3n) is 0.939. The maximum absolute atomic E-state index is 5.74. The molecule has 0 spiro atoms. The fraction of sp³-hybridized carbons (Fsp3) is 1.00. The Bertz CT molecular complexity index is 50.9. The molecule has 0 heterocycles. The zero-order valence-electron chi connectivity index (χ0n) is 4.88. The SMILES string of the molecule is CNC([SiH3])(Cl)NC. The van der Waals surface area contributed by atoms with Crippen LogP contribution in [0.2, 0.25) is 0 Å². The van der Waals surface area contributed by atoms with Crippen molar-refractivity contribution >= 4 is 21.8 Å². The molecule has 44 valence electrons. The third kappa shape index (κ3) is 3.05. The number of nitrogens with one attached hydrogen (secondary N) is 2. The van der Waals surface area contributed by atoms with E-state index in [4.69, 9.17) is 11.6 Å². The molecule has 0 aromatic carbocycles. The fourth-order valence-electron chi connectivity index (χ4n) is 0.125. The Balaban J connectivity index is 3.36. The number of halogens is 1. The predicted octanol–water partition coefficient (Wildman–Crippen LogP) is -1.36. The average Bonchev–Trinajstić information content (AvgIpc) is 1.68. The van der Waals surface area contributed by atoms with E-state index in [1.807, 2.05) is 14.1 Å². The first kappa shape index (κ1) is 7.43. The molecule has 0 aromatic rings. The molecule has 0 radical (unpaired) electrons. The van der Waals surface area contributed by atoms with Gasteiger partial charge >= 0.3 is 0 Å². The summed E-state index contributed by atoms with van der Waals surface area (Å²) >= 11 is 5.74. The van der Waals surface area contributed by atoms with E-state index in [1.165, 1.54) is 0 Å². The summed E-state index contributed by atoms with van der Waals surface area (Å²) in [6, 6.07) is 0. The predicted molar refractivity (Wildman–Crippen MR) is 36.6 cm³/mol. The zero-order chi connectivity index (χ0) is 5.91. The summed E-state index contributed by atoms with van der Waals surface area (Å²) in [6.45, 7) is 0. The number of alkyl halides is 1. The Kier molecular flexibility index (Phi) is 2.83. The van der Waals surface area contributed by atoms with E-state index < -0.39 is 0 Å². The third-order valence-corrected chi connectivity index (χ3v) is 2.32. The van der Waals surface area contributed by atoms with Gasteiger partial charge in [0.2, 0.25) is 0 Å². The van der Waals surface area contributed by atoms with Crippen molar-refractivity contribution in [3.63, 3.8) is 0 Å². The molecule has 0 aliphatic rings. The van der Waals surface area contributed by atoms with Crippen molar-refractivity contribution in [1.29, 1.82) is 0 Å². The maximum atomic E-state index is 5.74. The largest absolute Gasteiger partial charge is 0.294 e. The topological polar surface area (TPSA) is 24.1 Å². The maximum Gasteiger partial charge on any atom is 0.120 e. The first-order valence-corrected chi connectivity index (χ1v) is 3.57. The minimum atomic E-state index is -0.306. The smallest absolute Gasteiger partial charge is 0.120 e. The molecule has 0 atom stereocenters. The highest BCUT2D eigenvalue weighted by Gasteiger charge is 2.11. The lowest BCUT2D eigenvalue weighted by atomic mass is 11.0. The molecule has 0 amide bonds. The molecule has 0 aliphatic carbocycles. The molecule has 4 heteroatoms. The lowest BCUT2D eigenvalue weighted by Crippen LogP contribution is -2.49. The van der Waals surface area contributed by atoms with Crippen LogP contribution >= 0.6 is 11.6 Å². The van der Waals surface area contributed by atoms with Crippen molar-refractivity contribution in [2.45, 2.75) is 4.75 Å². The van der Waals surface area contributed by atoms with Crippen molar-refractivity contribution in [2.75, 3.05) is 14.1 Å². The standard InChI is InChI=1S/C3H11ClN2Si/c1-5-3(4,7)6-2/h5-6H,1-2,7H3. The lowest BCUT2D eigenvalue weighted by Gasteiger charge is -2.19. The second-order valence-corrected chi connectivity index (χ2v) is 4.39. The highest BCUT2D eigenvalue weighted by Crippen LogP contribution is 1.94. The Morgan fingerprint density at radius 2 is 1.71 bits per heavy atom. The van der Waals surface area contributed by atoms with Crippen LogP contribution in [0.4, 0.5) is 0 Å². The summed E-state index contributed by atoms with van der Waals surface area (Å²) in [5, 5.41) is 5.81. The van der Waals surface area contributed by atoms with Crippen LogP contribution in [0.1, 0.15) is 0 Å². The van der Waals surface area contributed by atoms with Gasteiger partial charge in [0.1, 0.15) is 4.75 Å². The van der Waals surface area contributed by atoms with Gasteiger partial charge < -0.3 is 0 Å². The molecule has 2 N–H and O–H groups in total. The monoisotopic (exact) mass is 138 g/mol. The minimum absolute atomic E-state index is 0.306. The highest BCUT2D eigenvalue weighted by molar-refractivity contribution is 6.43. The summed E-state index contributed by atoms with van der Waals surface area (Å²) in [7, 11) is 4.55. The summed E-state index contributed by atoms with van der Waals surface area (Å²) in [5.41, 5.74) is 0. The van der Waals surface area contributed by atoms with Crippen LogP contribution in [0, 0.1) is 0 Å². The molecule has 0 aliphatic heterocycles. The Labute approximate surface area is 52.0 Å². The molecule has 0 saturated carbocycles. The van der Waals surface area contributed by atoms with Crippen LogP contribution < -0.4 is 10.6 Å². The lowest BCUT2D eigenvalue weighted by molar-refractivity contribution is 0.582. The van der Waals surface area contributed by atoms with Crippen LogP contribution in [0.5, 0.6) is 0 Å². The van der Waals surface area contributed by atoms with Gasteiger partial charge in [-0.1, -0.05) is 11.6 Å². The fourth-order valence-corrected chi connectivity index (χ4v) is 0.125. The first-order valence-electron chi connectivity index (χ1n) is 2.19. The van der Waals surface area contributed by atoms with Crippen molar-refractivity contribution in [2.24, 2.45) is 0 Å². The number of hydrogen-bond acceptors (Lipinski definition) is 2. The van der Waals surface area contributed by atoms with Gasteiger partial charge in [0.15, 0.2) is 0 Å². The van der Waals surface area contributed by atoms with E-state index in [2.05, 4.69) is 10.6 Å². The molecule has 0 unspecified atom stereocenters. The van der Waals surface area contributed by atoms with Crippen LogP contribution in [0.15, 0.2) is 0 Å². The van der Waals surface area contributed by atoms with Crippen molar-refractivity contribution < 1.29 is 0 Å². The van der Waals surface area contributed by atoms with E-state index >= 15 is 0 Å². The zero-order valence-corrected chi connectivity index (χ0v) is 7.63. The molecular weight excluding hydrogens is 128 g/mol. The minimum Gasteiger partial charge on any atom is -0.294 e. The molecule has 2 nitrogen and oxygen atoms in total. The second-order valence-electron chi connectivity index (χ2n) is 1.50. The molecule has 0 fully saturated rings. The first-order chi connectivity index (χ1) is 3.12. The van der Waals surface area contributed by atoms with E-state index in [-0.39, 0.29) is 4.75 Å². The molecule has 7 heavy (non-hydrogen) atoms. The van der Waals surface area contributed by atoms with Crippen molar-refractivity contribution in [3.05, 3.63) is 0 Å². The number of rotatable bonds is 2. The number of hydrogen-bond donors (Lipinski definition) is 2. The Morgan fingerprint density at radius 1 is 1.43 bits per heavy atom. The van der Waals surface area contributed by atoms with Gasteiger partial charge in [0.25, 0.3) is 0 Å². The van der Waals surface area contributed by atoms with Crippen molar-refractivity contribution in [3.8, 4) is 0 Å². The molecular formula is C3H11ClN2Si. The van der Waals surface area contributed by atoms with E-state index in [0.29, 0.717) is 0 Å². The molecule has 0 rings (SSSR count). The summed E-state index contributed by atoms with van der Waals surface area (Å²) < 4.78 is -0.306. The van der Waals surface area contributed by atoms with Gasteiger partial charge in [-0.15, -0.1) is 0 Å². The van der Waals surface area contributed by atoms with Gasteiger partial charge in [0.05, 0.1) is 10.2 Å². The van der Waals surface area contributed by atoms with Crippen molar-refractivity contribution in [1.82, 2.24) is 10.6 Å². The van der Waals surface area contributed by atoms with Gasteiger partial charge in [-0.25, -0.2) is 0 Å². The van der Waals surface area contributed by atoms with E-state index in [1.54, 1.807) is 0 Å². The van der Waals surface area contributed by atoms with Crippen LogP contribution in [-0.4, -0.2) is 29.1 Å².